The van der Waals surface area contributed by atoms with E-state index in [4.69, 9.17) is 11.6 Å². The molecule has 18 heavy (non-hydrogen) atoms. The number of likely N-dealkylation sites (N-methyl/N-ethyl adjacent to an activating group) is 1. The second-order valence-electron chi connectivity index (χ2n) is 4.15. The van der Waals surface area contributed by atoms with E-state index in [-0.39, 0.29) is 5.15 Å². The molecule has 0 aromatic carbocycles. The molecule has 1 aliphatic heterocycles. The summed E-state index contributed by atoms with van der Waals surface area (Å²) in [4.78, 5) is 24.0. The van der Waals surface area contributed by atoms with E-state index in [1.54, 1.807) is 0 Å². The van der Waals surface area contributed by atoms with Crippen molar-refractivity contribution in [1.29, 1.82) is 0 Å². The van der Waals surface area contributed by atoms with Crippen LogP contribution in [0.5, 0.6) is 0 Å². The predicted octanol–water partition coefficient (Wildman–Crippen LogP) is 1.42. The summed E-state index contributed by atoms with van der Waals surface area (Å²) in [5, 5.41) is 0.831. The Kier molecular flexibility index (Phi) is 4.42. The van der Waals surface area contributed by atoms with Crippen molar-refractivity contribution in [1.82, 2.24) is 14.9 Å². The van der Waals surface area contributed by atoms with Crippen LogP contribution < -0.4 is 4.90 Å². The molecule has 0 spiro atoms. The number of hydrogen-bond donors (Lipinski definition) is 0. The molecule has 7 heteroatoms. The molecular weight excluding hydrogens is 272 g/mol. The van der Waals surface area contributed by atoms with Crippen molar-refractivity contribution in [3.05, 3.63) is 10.7 Å². The number of nitrogens with zero attached hydrogens (tertiary/aromatic N) is 4. The maximum Gasteiger partial charge on any atom is 0.190 e. The summed E-state index contributed by atoms with van der Waals surface area (Å²) >= 11 is 7.45. The molecule has 0 radical (unpaired) electrons. The third kappa shape index (κ3) is 2.76. The van der Waals surface area contributed by atoms with E-state index in [1.165, 1.54) is 11.8 Å². The smallest absolute Gasteiger partial charge is 0.190 e. The zero-order valence-corrected chi connectivity index (χ0v) is 12.0. The monoisotopic (exact) mass is 286 g/mol. The van der Waals surface area contributed by atoms with Gasteiger partial charge in [-0.3, -0.25) is 4.79 Å². The van der Waals surface area contributed by atoms with E-state index in [1.807, 2.05) is 6.26 Å². The Morgan fingerprint density at radius 3 is 2.50 bits per heavy atom. The van der Waals surface area contributed by atoms with Crippen LogP contribution in [0.2, 0.25) is 5.15 Å². The van der Waals surface area contributed by atoms with Crippen LogP contribution >= 0.6 is 23.4 Å². The van der Waals surface area contributed by atoms with Crippen molar-refractivity contribution in [2.45, 2.75) is 5.16 Å². The van der Waals surface area contributed by atoms with Crippen molar-refractivity contribution in [3.8, 4) is 0 Å². The van der Waals surface area contributed by atoms with Crippen molar-refractivity contribution in [2.75, 3.05) is 44.4 Å². The maximum absolute atomic E-state index is 11.1. The Morgan fingerprint density at radius 1 is 1.28 bits per heavy atom. The number of carbonyl (C=O) groups is 1. The van der Waals surface area contributed by atoms with Gasteiger partial charge in [-0.1, -0.05) is 23.4 Å². The lowest BCUT2D eigenvalue weighted by atomic mass is 10.2. The molecule has 2 heterocycles. The Morgan fingerprint density at radius 2 is 1.94 bits per heavy atom. The molecule has 0 atom stereocenters. The van der Waals surface area contributed by atoms with Gasteiger partial charge in [-0.05, 0) is 13.3 Å². The molecule has 0 amide bonds. The minimum atomic E-state index is 0.235. The standard InChI is InChI=1S/C11H15ClN4OS/c1-15-3-5-16(6-4-15)10-8(7-17)9(12)13-11(14-10)18-2/h7H,3-6H2,1-2H3. The summed E-state index contributed by atoms with van der Waals surface area (Å²) < 4.78 is 0. The Bertz CT molecular complexity index is 449. The zero-order valence-electron chi connectivity index (χ0n) is 10.4. The molecule has 2 rings (SSSR count). The first-order chi connectivity index (χ1) is 8.65. The van der Waals surface area contributed by atoms with Crippen molar-refractivity contribution < 1.29 is 4.79 Å². The van der Waals surface area contributed by atoms with E-state index in [9.17, 15) is 4.79 Å². The zero-order chi connectivity index (χ0) is 13.1. The van der Waals surface area contributed by atoms with E-state index in [2.05, 4.69) is 26.8 Å². The van der Waals surface area contributed by atoms with Crippen LogP contribution in [0.4, 0.5) is 5.82 Å². The fourth-order valence-electron chi connectivity index (χ4n) is 1.86. The first kappa shape index (κ1) is 13.6. The van der Waals surface area contributed by atoms with Gasteiger partial charge >= 0.3 is 0 Å². The normalized spacial score (nSPS) is 16.9. The number of carbonyl (C=O) groups excluding carboxylic acids is 1. The molecule has 0 aliphatic carbocycles. The molecule has 1 aromatic heterocycles. The van der Waals surface area contributed by atoms with Crippen LogP contribution in [0.15, 0.2) is 5.16 Å². The Labute approximate surface area is 116 Å². The minimum Gasteiger partial charge on any atom is -0.353 e. The number of piperazine rings is 1. The van der Waals surface area contributed by atoms with Crippen molar-refractivity contribution in [2.24, 2.45) is 0 Å². The quantitative estimate of drug-likeness (QED) is 0.362. The van der Waals surface area contributed by atoms with Gasteiger partial charge in [0.2, 0.25) is 0 Å². The van der Waals surface area contributed by atoms with Crippen LogP contribution in [0.1, 0.15) is 10.4 Å². The predicted molar refractivity (Wildman–Crippen MR) is 73.9 cm³/mol. The number of anilines is 1. The molecular formula is C11H15ClN4OS. The summed E-state index contributed by atoms with van der Waals surface area (Å²) in [6.45, 7) is 3.60. The van der Waals surface area contributed by atoms with Crippen LogP contribution in [-0.4, -0.2) is 60.6 Å². The van der Waals surface area contributed by atoms with Gasteiger partial charge < -0.3 is 9.80 Å². The minimum absolute atomic E-state index is 0.235. The van der Waals surface area contributed by atoms with Crippen LogP contribution in [0.25, 0.3) is 0 Å². The SMILES string of the molecule is CSc1nc(Cl)c(C=O)c(N2CCN(C)CC2)n1. The largest absolute Gasteiger partial charge is 0.353 e. The average Bonchev–Trinajstić information content (AvgIpc) is 2.38. The van der Waals surface area contributed by atoms with Gasteiger partial charge in [0.15, 0.2) is 11.4 Å². The van der Waals surface area contributed by atoms with Gasteiger partial charge in [-0.15, -0.1) is 0 Å². The summed E-state index contributed by atoms with van der Waals surface area (Å²) in [5.41, 5.74) is 0.388. The van der Waals surface area contributed by atoms with E-state index >= 15 is 0 Å². The fourth-order valence-corrected chi connectivity index (χ4v) is 2.48. The fraction of sp³-hybridized carbons (Fsp3) is 0.545. The lowest BCUT2D eigenvalue weighted by molar-refractivity contribution is 0.112. The first-order valence-electron chi connectivity index (χ1n) is 5.66. The van der Waals surface area contributed by atoms with Crippen LogP contribution in [-0.2, 0) is 0 Å². The molecule has 1 saturated heterocycles. The third-order valence-corrected chi connectivity index (χ3v) is 3.80. The lowest BCUT2D eigenvalue weighted by Crippen LogP contribution is -2.45. The summed E-state index contributed by atoms with van der Waals surface area (Å²) in [6.07, 6.45) is 2.63. The van der Waals surface area contributed by atoms with Gasteiger partial charge in [0.25, 0.3) is 0 Å². The molecule has 0 saturated carbocycles. The van der Waals surface area contributed by atoms with Gasteiger partial charge in [0.1, 0.15) is 11.0 Å². The lowest BCUT2D eigenvalue weighted by Gasteiger charge is -2.33. The summed E-state index contributed by atoms with van der Waals surface area (Å²) in [7, 11) is 2.08. The second-order valence-corrected chi connectivity index (χ2v) is 5.28. The number of aldehydes is 1. The number of halogens is 1. The molecule has 5 nitrogen and oxygen atoms in total. The molecule has 1 aliphatic rings. The second kappa shape index (κ2) is 5.86. The summed E-state index contributed by atoms with van der Waals surface area (Å²) in [5.74, 6) is 0.655. The molecule has 0 unspecified atom stereocenters. The van der Waals surface area contributed by atoms with Gasteiger partial charge in [0.05, 0.1) is 5.56 Å². The number of hydrogen-bond acceptors (Lipinski definition) is 6. The highest BCUT2D eigenvalue weighted by Crippen LogP contribution is 2.26. The van der Waals surface area contributed by atoms with Crippen LogP contribution in [0, 0.1) is 0 Å². The average molecular weight is 287 g/mol. The van der Waals surface area contributed by atoms with Crippen LogP contribution in [0.3, 0.4) is 0 Å². The first-order valence-corrected chi connectivity index (χ1v) is 7.26. The molecule has 0 bridgehead atoms. The van der Waals surface area contributed by atoms with Gasteiger partial charge in [0, 0.05) is 26.2 Å². The van der Waals surface area contributed by atoms with E-state index in [0.717, 1.165) is 32.5 Å². The topological polar surface area (TPSA) is 49.3 Å². The third-order valence-electron chi connectivity index (χ3n) is 2.96. The highest BCUT2D eigenvalue weighted by Gasteiger charge is 2.21. The Hall–Kier alpha value is -0.850. The van der Waals surface area contributed by atoms with Crippen molar-refractivity contribution in [3.63, 3.8) is 0 Å². The molecule has 0 N–H and O–H groups in total. The highest BCUT2D eigenvalue weighted by molar-refractivity contribution is 7.98. The molecule has 98 valence electrons. The maximum atomic E-state index is 11.1. The number of rotatable bonds is 3. The summed E-state index contributed by atoms with van der Waals surface area (Å²) in [6, 6.07) is 0. The Balaban J connectivity index is 2.35. The highest BCUT2D eigenvalue weighted by atomic mass is 35.5. The van der Waals surface area contributed by atoms with E-state index in [0.29, 0.717) is 16.5 Å². The molecule has 1 aromatic rings. The van der Waals surface area contributed by atoms with Gasteiger partial charge in [-0.2, -0.15) is 0 Å². The van der Waals surface area contributed by atoms with Gasteiger partial charge in [-0.25, -0.2) is 9.97 Å². The molecule has 1 fully saturated rings. The van der Waals surface area contributed by atoms with Crippen molar-refractivity contribution >= 4 is 35.5 Å². The van der Waals surface area contributed by atoms with E-state index < -0.39 is 0 Å². The number of thioether (sulfide) groups is 1. The number of aromatic nitrogens is 2.